The lowest BCUT2D eigenvalue weighted by Crippen LogP contribution is -2.39. The highest BCUT2D eigenvalue weighted by molar-refractivity contribution is 5.73. The summed E-state index contributed by atoms with van der Waals surface area (Å²) in [6, 6.07) is 7.55. The van der Waals surface area contributed by atoms with Gasteiger partial charge in [0.1, 0.15) is 5.82 Å². The Morgan fingerprint density at radius 1 is 1.25 bits per heavy atom. The summed E-state index contributed by atoms with van der Waals surface area (Å²) in [5.41, 5.74) is 1.46. The molecule has 1 aliphatic rings. The van der Waals surface area contributed by atoms with Crippen LogP contribution in [0.15, 0.2) is 36.5 Å². The molecule has 1 aromatic carbocycles. The molecule has 0 saturated heterocycles. The molecule has 1 saturated carbocycles. The van der Waals surface area contributed by atoms with Crippen LogP contribution in [0.3, 0.4) is 0 Å². The van der Waals surface area contributed by atoms with Crippen LogP contribution in [-0.2, 0) is 6.54 Å². The van der Waals surface area contributed by atoms with Gasteiger partial charge in [-0.25, -0.2) is 13.9 Å². The number of rotatable bonds is 5. The molecule has 1 aliphatic carbocycles. The minimum Gasteiger partial charge on any atom is -0.393 e. The van der Waals surface area contributed by atoms with Gasteiger partial charge in [-0.2, -0.15) is 5.10 Å². The highest BCUT2D eigenvalue weighted by Crippen LogP contribution is 2.24. The molecule has 3 rings (SSSR count). The quantitative estimate of drug-likeness (QED) is 0.783. The van der Waals surface area contributed by atoms with E-state index in [1.807, 2.05) is 0 Å². The topological polar surface area (TPSA) is 79.2 Å². The lowest BCUT2D eigenvalue weighted by atomic mass is 10.1. The number of aromatic nitrogens is 2. The zero-order valence-corrected chi connectivity index (χ0v) is 13.3. The lowest BCUT2D eigenvalue weighted by Gasteiger charge is -2.15. The SMILES string of the molecule is O=C(NCc1ccn(-c2ccc(F)cc2)n1)NC[C@H]1CCC[C@@H]1O. The lowest BCUT2D eigenvalue weighted by molar-refractivity contribution is 0.132. The molecule has 2 atom stereocenters. The summed E-state index contributed by atoms with van der Waals surface area (Å²) < 4.78 is 14.6. The van der Waals surface area contributed by atoms with E-state index in [4.69, 9.17) is 0 Å². The normalized spacial score (nSPS) is 20.1. The molecule has 2 amide bonds. The summed E-state index contributed by atoms with van der Waals surface area (Å²) >= 11 is 0. The van der Waals surface area contributed by atoms with Crippen LogP contribution in [0.1, 0.15) is 25.0 Å². The number of hydrogen-bond acceptors (Lipinski definition) is 3. The van der Waals surface area contributed by atoms with Crippen molar-refractivity contribution < 1.29 is 14.3 Å². The number of carbonyl (C=O) groups is 1. The van der Waals surface area contributed by atoms with Crippen molar-refractivity contribution in [1.82, 2.24) is 20.4 Å². The van der Waals surface area contributed by atoms with Crippen molar-refractivity contribution in [3.63, 3.8) is 0 Å². The number of nitrogens with zero attached hydrogens (tertiary/aromatic N) is 2. The van der Waals surface area contributed by atoms with Gasteiger partial charge in [0.15, 0.2) is 0 Å². The Bertz CT molecular complexity index is 686. The number of nitrogens with one attached hydrogen (secondary N) is 2. The maximum Gasteiger partial charge on any atom is 0.315 e. The predicted octanol–water partition coefficient (Wildman–Crippen LogP) is 1.97. The first-order valence-corrected chi connectivity index (χ1v) is 8.12. The summed E-state index contributed by atoms with van der Waals surface area (Å²) in [6.45, 7) is 0.782. The third kappa shape index (κ3) is 4.11. The molecule has 1 heterocycles. The van der Waals surface area contributed by atoms with Gasteiger partial charge in [-0.15, -0.1) is 0 Å². The Labute approximate surface area is 139 Å². The summed E-state index contributed by atoms with van der Waals surface area (Å²) in [4.78, 5) is 11.8. The molecule has 0 radical (unpaired) electrons. The van der Waals surface area contributed by atoms with Crippen molar-refractivity contribution in [3.05, 3.63) is 48.0 Å². The van der Waals surface area contributed by atoms with Gasteiger partial charge >= 0.3 is 6.03 Å². The van der Waals surface area contributed by atoms with Crippen molar-refractivity contribution in [1.29, 1.82) is 0 Å². The van der Waals surface area contributed by atoms with Crippen LogP contribution in [0, 0.1) is 11.7 Å². The Hall–Kier alpha value is -2.41. The molecule has 1 aromatic heterocycles. The third-order valence-corrected chi connectivity index (χ3v) is 4.31. The van der Waals surface area contributed by atoms with Crippen molar-refractivity contribution in [2.75, 3.05) is 6.54 Å². The Balaban J connectivity index is 1.46. The second-order valence-corrected chi connectivity index (χ2v) is 6.05. The molecular formula is C17H21FN4O2. The minimum atomic E-state index is -0.309. The molecule has 0 unspecified atom stereocenters. The fourth-order valence-electron chi connectivity index (χ4n) is 2.91. The first kappa shape index (κ1) is 16.4. The summed E-state index contributed by atoms with van der Waals surface area (Å²) in [5.74, 6) is -0.148. The zero-order chi connectivity index (χ0) is 16.9. The first-order valence-electron chi connectivity index (χ1n) is 8.12. The standard InChI is InChI=1S/C17H21FN4O2/c18-13-4-6-15(7-5-13)22-9-8-14(21-22)11-20-17(24)19-10-12-2-1-3-16(12)23/h4-9,12,16,23H,1-3,10-11H2,(H2,19,20,24)/t12-,16+/m1/s1. The summed E-state index contributed by atoms with van der Waals surface area (Å²) in [6.07, 6.45) is 4.22. The van der Waals surface area contributed by atoms with Crippen LogP contribution in [0.2, 0.25) is 0 Å². The monoisotopic (exact) mass is 332 g/mol. The average molecular weight is 332 g/mol. The van der Waals surface area contributed by atoms with Crippen molar-refractivity contribution in [2.24, 2.45) is 5.92 Å². The average Bonchev–Trinajstić information content (AvgIpc) is 3.21. The Kier molecular flexibility index (Phi) is 5.10. The van der Waals surface area contributed by atoms with E-state index in [0.717, 1.165) is 24.9 Å². The second kappa shape index (κ2) is 7.44. The molecule has 128 valence electrons. The van der Waals surface area contributed by atoms with Gasteiger partial charge in [0, 0.05) is 18.7 Å². The minimum absolute atomic E-state index is 0.147. The van der Waals surface area contributed by atoms with Gasteiger partial charge in [-0.3, -0.25) is 0 Å². The van der Waals surface area contributed by atoms with E-state index in [1.54, 1.807) is 29.1 Å². The van der Waals surface area contributed by atoms with E-state index in [2.05, 4.69) is 15.7 Å². The Morgan fingerprint density at radius 3 is 2.75 bits per heavy atom. The molecule has 0 bridgehead atoms. The van der Waals surface area contributed by atoms with Gasteiger partial charge in [0.25, 0.3) is 0 Å². The number of aliphatic hydroxyl groups is 1. The fraction of sp³-hybridized carbons (Fsp3) is 0.412. The maximum absolute atomic E-state index is 12.9. The van der Waals surface area contributed by atoms with E-state index in [9.17, 15) is 14.3 Å². The number of hydrogen-bond donors (Lipinski definition) is 3. The number of carbonyl (C=O) groups excluding carboxylic acids is 1. The zero-order valence-electron chi connectivity index (χ0n) is 13.3. The van der Waals surface area contributed by atoms with Crippen LogP contribution in [0.25, 0.3) is 5.69 Å². The molecule has 24 heavy (non-hydrogen) atoms. The molecule has 0 aliphatic heterocycles. The molecule has 6 nitrogen and oxygen atoms in total. The smallest absolute Gasteiger partial charge is 0.315 e. The number of amides is 2. The van der Waals surface area contributed by atoms with Gasteiger partial charge in [0.05, 0.1) is 24.0 Å². The third-order valence-electron chi connectivity index (χ3n) is 4.31. The van der Waals surface area contributed by atoms with Crippen molar-refractivity contribution in [3.8, 4) is 5.69 Å². The molecule has 1 fully saturated rings. The molecule has 0 spiro atoms. The van der Waals surface area contributed by atoms with Crippen molar-refractivity contribution >= 4 is 6.03 Å². The molecule has 2 aromatic rings. The molecule has 7 heteroatoms. The van der Waals surface area contributed by atoms with Crippen molar-refractivity contribution in [2.45, 2.75) is 31.9 Å². The van der Waals surface area contributed by atoms with Crippen LogP contribution in [-0.4, -0.2) is 33.6 Å². The second-order valence-electron chi connectivity index (χ2n) is 6.05. The number of halogens is 1. The van der Waals surface area contributed by atoms with E-state index >= 15 is 0 Å². The van der Waals surface area contributed by atoms with E-state index in [0.29, 0.717) is 18.8 Å². The summed E-state index contributed by atoms with van der Waals surface area (Å²) in [5, 5.41) is 19.6. The van der Waals surface area contributed by atoms with Crippen LogP contribution in [0.4, 0.5) is 9.18 Å². The highest BCUT2D eigenvalue weighted by Gasteiger charge is 2.25. The number of benzene rings is 1. The van der Waals surface area contributed by atoms with Crippen LogP contribution >= 0.6 is 0 Å². The summed E-state index contributed by atoms with van der Waals surface area (Å²) in [7, 11) is 0. The predicted molar refractivity (Wildman–Crippen MR) is 87.1 cm³/mol. The molecule has 3 N–H and O–H groups in total. The van der Waals surface area contributed by atoms with E-state index in [1.165, 1.54) is 12.1 Å². The first-order chi connectivity index (χ1) is 11.6. The van der Waals surface area contributed by atoms with Crippen LogP contribution in [0.5, 0.6) is 0 Å². The highest BCUT2D eigenvalue weighted by atomic mass is 19.1. The van der Waals surface area contributed by atoms with Gasteiger partial charge in [0.2, 0.25) is 0 Å². The Morgan fingerprint density at radius 2 is 2.04 bits per heavy atom. The van der Waals surface area contributed by atoms with E-state index < -0.39 is 0 Å². The van der Waals surface area contributed by atoms with Gasteiger partial charge < -0.3 is 15.7 Å². The number of aliphatic hydroxyl groups excluding tert-OH is 1. The fourth-order valence-corrected chi connectivity index (χ4v) is 2.91. The molecular weight excluding hydrogens is 311 g/mol. The van der Waals surface area contributed by atoms with Gasteiger partial charge in [-0.1, -0.05) is 6.42 Å². The maximum atomic E-state index is 12.9. The number of urea groups is 1. The van der Waals surface area contributed by atoms with Gasteiger partial charge in [-0.05, 0) is 43.2 Å². The van der Waals surface area contributed by atoms with E-state index in [-0.39, 0.29) is 23.9 Å². The largest absolute Gasteiger partial charge is 0.393 e. The van der Waals surface area contributed by atoms with Crippen LogP contribution < -0.4 is 10.6 Å².